The van der Waals surface area contributed by atoms with Gasteiger partial charge in [0.1, 0.15) is 0 Å². The van der Waals surface area contributed by atoms with E-state index in [9.17, 15) is 0 Å². The Morgan fingerprint density at radius 3 is 1.92 bits per heavy atom. The van der Waals surface area contributed by atoms with Gasteiger partial charge in [0.05, 0.1) is 11.0 Å². The molecule has 0 amide bonds. The number of fused-ring (bicyclic) bond motifs is 17. The molecule has 5 heterocycles. The molecule has 0 radical (unpaired) electrons. The van der Waals surface area contributed by atoms with Gasteiger partial charge in [-0.1, -0.05) is 134 Å². The lowest BCUT2D eigenvalue weighted by Crippen LogP contribution is -2.60. The number of hydrogen-bond donors (Lipinski definition) is 0. The standard InChI is InChI=1S/C59H47BN2S2/c1-57(2,3)32-17-20-34(21-18-32)62-49-28-43-37-22-19-33(58(4,5)6)25-52(37)64-53(43)30-42(49)38-23-24-39-41-26-46-40(35-13-9-11-15-45(35)59(46,7)8)27-48(41)61-50-29-44-36-14-10-12-16-51(36)63-54(44)31-47(50)60(62)55(38)56(39)61/h9-31H,1-8H3. The van der Waals surface area contributed by atoms with E-state index in [1.165, 1.54) is 135 Å². The van der Waals surface area contributed by atoms with Gasteiger partial charge in [-0.05, 0) is 121 Å². The molecule has 0 bridgehead atoms. The summed E-state index contributed by atoms with van der Waals surface area (Å²) in [6.45, 7) is 18.7. The van der Waals surface area contributed by atoms with Gasteiger partial charge < -0.3 is 9.38 Å². The van der Waals surface area contributed by atoms with Crippen molar-refractivity contribution in [3.05, 3.63) is 162 Å². The third-order valence-electron chi connectivity index (χ3n) is 15.3. The number of hydrogen-bond acceptors (Lipinski definition) is 3. The summed E-state index contributed by atoms with van der Waals surface area (Å²) in [5.74, 6) is 0. The zero-order valence-electron chi connectivity index (χ0n) is 37.6. The van der Waals surface area contributed by atoms with Crippen molar-refractivity contribution < 1.29 is 0 Å². The molecule has 3 aromatic heterocycles. The summed E-state index contributed by atoms with van der Waals surface area (Å²) in [5.41, 5.74) is 20.1. The summed E-state index contributed by atoms with van der Waals surface area (Å²) in [6.07, 6.45) is 0. The Hall–Kier alpha value is -6.14. The zero-order valence-corrected chi connectivity index (χ0v) is 39.2. The number of aromatic nitrogens is 1. The molecule has 0 saturated carbocycles. The van der Waals surface area contributed by atoms with Crippen molar-refractivity contribution in [3.8, 4) is 27.9 Å². The Morgan fingerprint density at radius 1 is 0.469 bits per heavy atom. The van der Waals surface area contributed by atoms with Gasteiger partial charge in [0, 0.05) is 79.2 Å². The summed E-state index contributed by atoms with van der Waals surface area (Å²) < 4.78 is 8.05. The highest BCUT2D eigenvalue weighted by Gasteiger charge is 2.45. The largest absolute Gasteiger partial charge is 0.376 e. The second kappa shape index (κ2) is 12.1. The average Bonchev–Trinajstić information content (AvgIpc) is 3.99. The van der Waals surface area contributed by atoms with E-state index in [1.807, 2.05) is 22.7 Å². The lowest BCUT2D eigenvalue weighted by Gasteiger charge is -2.42. The van der Waals surface area contributed by atoms with Crippen LogP contribution in [-0.2, 0) is 16.2 Å². The summed E-state index contributed by atoms with van der Waals surface area (Å²) >= 11 is 3.87. The van der Waals surface area contributed by atoms with Gasteiger partial charge in [-0.25, -0.2) is 0 Å². The second-order valence-electron chi connectivity index (χ2n) is 21.3. The number of rotatable bonds is 1. The molecular weight excluding hydrogens is 812 g/mol. The van der Waals surface area contributed by atoms with E-state index in [0.717, 1.165) is 0 Å². The second-order valence-corrected chi connectivity index (χ2v) is 23.5. The molecule has 2 aliphatic heterocycles. The van der Waals surface area contributed by atoms with Gasteiger partial charge >= 0.3 is 6.85 Å². The summed E-state index contributed by atoms with van der Waals surface area (Å²) in [7, 11) is 0. The molecule has 0 unspecified atom stereocenters. The highest BCUT2D eigenvalue weighted by molar-refractivity contribution is 7.26. The molecule has 0 N–H and O–H groups in total. The number of benzene rings is 8. The van der Waals surface area contributed by atoms with E-state index in [4.69, 9.17) is 0 Å². The monoisotopic (exact) mass is 858 g/mol. The first-order valence-corrected chi connectivity index (χ1v) is 24.5. The van der Waals surface area contributed by atoms with Crippen LogP contribution in [0.2, 0.25) is 0 Å². The minimum Gasteiger partial charge on any atom is -0.376 e. The van der Waals surface area contributed by atoms with Crippen LogP contribution >= 0.6 is 22.7 Å². The number of thiophene rings is 2. The fraction of sp³-hybridized carbons (Fsp3) is 0.186. The SMILES string of the molecule is CC(C)(C)c1ccc(N2B3c4cc5sc6ccccc6c5cc4-n4c5cc6c(cc5c5ccc(c3c54)-c3cc4sc5cc(C(C)(C)C)ccc5c4cc32)C(C)(C)c2ccccc2-6)cc1. The maximum atomic E-state index is 2.72. The minimum absolute atomic E-state index is 0.0469. The predicted octanol–water partition coefficient (Wildman–Crippen LogP) is 15.7. The highest BCUT2D eigenvalue weighted by Crippen LogP contribution is 2.53. The number of nitrogens with zero attached hydrogens (tertiary/aromatic N) is 2. The molecule has 8 aromatic carbocycles. The van der Waals surface area contributed by atoms with E-state index < -0.39 is 0 Å². The van der Waals surface area contributed by atoms with E-state index >= 15 is 0 Å². The van der Waals surface area contributed by atoms with Crippen LogP contribution in [0.15, 0.2) is 140 Å². The maximum Gasteiger partial charge on any atom is 0.333 e. The Bertz CT molecular complexity index is 3900. The van der Waals surface area contributed by atoms with Gasteiger partial charge in [-0.15, -0.1) is 22.7 Å². The molecular formula is C59H47BN2S2. The molecule has 2 nitrogen and oxygen atoms in total. The average molecular weight is 859 g/mol. The van der Waals surface area contributed by atoms with E-state index in [0.29, 0.717) is 0 Å². The Morgan fingerprint density at radius 2 is 1.12 bits per heavy atom. The van der Waals surface area contributed by atoms with Crippen LogP contribution in [-0.4, -0.2) is 11.4 Å². The maximum absolute atomic E-state index is 2.72. The van der Waals surface area contributed by atoms with Gasteiger partial charge in [0.25, 0.3) is 0 Å². The first kappa shape index (κ1) is 37.3. The molecule has 14 rings (SSSR count). The minimum atomic E-state index is -0.0939. The summed E-state index contributed by atoms with van der Waals surface area (Å²) in [6, 6.07) is 55.0. The molecule has 1 aliphatic carbocycles. The number of anilines is 2. The van der Waals surface area contributed by atoms with Gasteiger partial charge in [-0.3, -0.25) is 0 Å². The van der Waals surface area contributed by atoms with Crippen LogP contribution in [0.4, 0.5) is 11.4 Å². The molecule has 11 aromatic rings. The summed E-state index contributed by atoms with van der Waals surface area (Å²) in [5, 5.41) is 8.01. The molecule has 308 valence electrons. The van der Waals surface area contributed by atoms with Crippen molar-refractivity contribution in [1.29, 1.82) is 0 Å². The van der Waals surface area contributed by atoms with Gasteiger partial charge in [0.15, 0.2) is 0 Å². The van der Waals surface area contributed by atoms with Gasteiger partial charge in [-0.2, -0.15) is 0 Å². The van der Waals surface area contributed by atoms with Crippen molar-refractivity contribution in [2.75, 3.05) is 4.81 Å². The molecule has 0 saturated heterocycles. The van der Waals surface area contributed by atoms with Crippen molar-refractivity contribution >= 4 is 114 Å². The van der Waals surface area contributed by atoms with Crippen LogP contribution in [0.5, 0.6) is 0 Å². The van der Waals surface area contributed by atoms with E-state index in [2.05, 4.69) is 204 Å². The molecule has 64 heavy (non-hydrogen) atoms. The normalized spacial score (nSPS) is 14.9. The Labute approximate surface area is 382 Å². The first-order chi connectivity index (χ1) is 30.7. The van der Waals surface area contributed by atoms with Crippen molar-refractivity contribution in [2.45, 2.75) is 71.6 Å². The molecule has 0 fully saturated rings. The van der Waals surface area contributed by atoms with Crippen molar-refractivity contribution in [3.63, 3.8) is 0 Å². The third kappa shape index (κ3) is 4.76. The fourth-order valence-corrected chi connectivity index (χ4v) is 14.2. The molecule has 0 atom stereocenters. The Kier molecular flexibility index (Phi) is 7.07. The van der Waals surface area contributed by atoms with Crippen LogP contribution in [0.1, 0.15) is 77.6 Å². The van der Waals surface area contributed by atoms with Crippen LogP contribution in [0.3, 0.4) is 0 Å². The summed E-state index contributed by atoms with van der Waals surface area (Å²) in [4.78, 5) is 2.72. The predicted molar refractivity (Wildman–Crippen MR) is 281 cm³/mol. The zero-order chi connectivity index (χ0) is 43.3. The lowest BCUT2D eigenvalue weighted by atomic mass is 9.44. The molecule has 3 aliphatic rings. The van der Waals surface area contributed by atoms with Crippen LogP contribution in [0.25, 0.3) is 90.1 Å². The highest BCUT2D eigenvalue weighted by atomic mass is 32.1. The van der Waals surface area contributed by atoms with E-state index in [1.54, 1.807) is 0 Å². The lowest BCUT2D eigenvalue weighted by molar-refractivity contribution is 0.590. The smallest absolute Gasteiger partial charge is 0.333 e. The first-order valence-electron chi connectivity index (χ1n) is 22.9. The quantitative estimate of drug-likeness (QED) is 0.149. The van der Waals surface area contributed by atoms with Crippen molar-refractivity contribution in [1.82, 2.24) is 4.57 Å². The molecule has 0 spiro atoms. The molecule has 5 heteroatoms. The fourth-order valence-electron chi connectivity index (χ4n) is 11.9. The van der Waals surface area contributed by atoms with Crippen LogP contribution < -0.4 is 15.7 Å². The van der Waals surface area contributed by atoms with E-state index in [-0.39, 0.29) is 23.1 Å². The van der Waals surface area contributed by atoms with Crippen LogP contribution in [0, 0.1) is 0 Å². The third-order valence-corrected chi connectivity index (χ3v) is 17.5. The van der Waals surface area contributed by atoms with Gasteiger partial charge in [0.2, 0.25) is 0 Å². The Balaban J connectivity index is 1.14. The van der Waals surface area contributed by atoms with Crippen molar-refractivity contribution in [2.24, 2.45) is 0 Å². The topological polar surface area (TPSA) is 8.17 Å².